The number of hydrogen-bond donors (Lipinski definition) is 0. The van der Waals surface area contributed by atoms with Crippen molar-refractivity contribution in [3.63, 3.8) is 0 Å². The van der Waals surface area contributed by atoms with Gasteiger partial charge in [0.1, 0.15) is 5.58 Å². The van der Waals surface area contributed by atoms with Crippen molar-refractivity contribution in [3.05, 3.63) is 71.0 Å². The highest BCUT2D eigenvalue weighted by molar-refractivity contribution is 6.09. The fourth-order valence-electron chi connectivity index (χ4n) is 2.19. The highest BCUT2D eigenvalue weighted by Crippen LogP contribution is 2.24. The first-order valence-electron chi connectivity index (χ1n) is 6.23. The van der Waals surface area contributed by atoms with Crippen molar-refractivity contribution in [2.24, 2.45) is 0 Å². The Labute approximate surface area is 116 Å². The fraction of sp³-hybridized carbons (Fsp3) is 0.0588. The van der Waals surface area contributed by atoms with Gasteiger partial charge in [0.05, 0.1) is 11.6 Å². The van der Waals surface area contributed by atoms with Crippen LogP contribution in [-0.4, -0.2) is 5.78 Å². The second-order valence-electron chi connectivity index (χ2n) is 4.63. The smallest absolute Gasteiger partial charge is 0.228 e. The number of carbonyl (C=O) groups excluding carboxylic acids is 1. The highest BCUT2D eigenvalue weighted by atomic mass is 16.3. The molecule has 0 aliphatic heterocycles. The summed E-state index contributed by atoms with van der Waals surface area (Å²) >= 11 is 0. The van der Waals surface area contributed by atoms with E-state index >= 15 is 0 Å². The van der Waals surface area contributed by atoms with Crippen LogP contribution in [0.15, 0.2) is 52.9 Å². The number of aryl methyl sites for hydroxylation is 1. The molecule has 1 heterocycles. The average Bonchev–Trinajstić information content (AvgIpc) is 2.92. The highest BCUT2D eigenvalue weighted by Gasteiger charge is 2.15. The molecule has 0 aliphatic carbocycles. The Kier molecular flexibility index (Phi) is 2.85. The first kappa shape index (κ1) is 12.2. The normalized spacial score (nSPS) is 10.4. The molecule has 0 spiro atoms. The van der Waals surface area contributed by atoms with E-state index in [0.717, 1.165) is 16.5 Å². The van der Waals surface area contributed by atoms with Crippen LogP contribution < -0.4 is 0 Å². The van der Waals surface area contributed by atoms with Crippen LogP contribution in [0.2, 0.25) is 0 Å². The fourth-order valence-corrected chi connectivity index (χ4v) is 2.19. The molecule has 20 heavy (non-hydrogen) atoms. The van der Waals surface area contributed by atoms with E-state index in [4.69, 9.17) is 9.68 Å². The Morgan fingerprint density at radius 1 is 1.15 bits per heavy atom. The van der Waals surface area contributed by atoms with Crippen LogP contribution in [0.3, 0.4) is 0 Å². The lowest BCUT2D eigenvalue weighted by atomic mass is 10.1. The van der Waals surface area contributed by atoms with Gasteiger partial charge in [0.2, 0.25) is 5.78 Å². The van der Waals surface area contributed by atoms with Crippen LogP contribution in [0.1, 0.15) is 27.2 Å². The van der Waals surface area contributed by atoms with E-state index in [-0.39, 0.29) is 5.78 Å². The maximum Gasteiger partial charge on any atom is 0.228 e. The van der Waals surface area contributed by atoms with Crippen molar-refractivity contribution < 1.29 is 9.21 Å². The van der Waals surface area contributed by atoms with Gasteiger partial charge >= 0.3 is 0 Å². The molecule has 3 rings (SSSR count). The van der Waals surface area contributed by atoms with Gasteiger partial charge in [-0.15, -0.1) is 0 Å². The van der Waals surface area contributed by atoms with Crippen LogP contribution in [0, 0.1) is 18.3 Å². The van der Waals surface area contributed by atoms with Crippen LogP contribution in [0.25, 0.3) is 11.0 Å². The number of ketones is 1. The van der Waals surface area contributed by atoms with Gasteiger partial charge < -0.3 is 4.42 Å². The summed E-state index contributed by atoms with van der Waals surface area (Å²) in [6.07, 6.45) is 0. The summed E-state index contributed by atoms with van der Waals surface area (Å²) in [6, 6.07) is 16.2. The van der Waals surface area contributed by atoms with E-state index in [1.807, 2.05) is 31.2 Å². The zero-order valence-electron chi connectivity index (χ0n) is 10.9. The van der Waals surface area contributed by atoms with Crippen molar-refractivity contribution >= 4 is 16.8 Å². The van der Waals surface area contributed by atoms with Crippen molar-refractivity contribution in [3.8, 4) is 6.07 Å². The molecule has 3 aromatic rings. The van der Waals surface area contributed by atoms with Crippen molar-refractivity contribution in [2.45, 2.75) is 6.92 Å². The number of rotatable bonds is 2. The topological polar surface area (TPSA) is 54.0 Å². The molecule has 0 saturated carbocycles. The number of furan rings is 1. The van der Waals surface area contributed by atoms with E-state index < -0.39 is 0 Å². The third-order valence-corrected chi connectivity index (χ3v) is 3.22. The average molecular weight is 261 g/mol. The Morgan fingerprint density at radius 3 is 2.70 bits per heavy atom. The molecule has 0 saturated heterocycles. The van der Waals surface area contributed by atoms with E-state index in [1.165, 1.54) is 0 Å². The summed E-state index contributed by atoms with van der Waals surface area (Å²) in [5, 5.41) is 9.79. The van der Waals surface area contributed by atoms with E-state index in [9.17, 15) is 4.79 Å². The standard InChI is InChI=1S/C17H11NO2/c1-11-4-2-7-14-9-15(20-17(11)14)16(19)13-6-3-5-12(8-13)10-18/h2-9H,1H3. The summed E-state index contributed by atoms with van der Waals surface area (Å²) in [4.78, 5) is 12.4. The number of para-hydroxylation sites is 1. The number of hydrogen-bond acceptors (Lipinski definition) is 3. The number of carbonyl (C=O) groups is 1. The molecular formula is C17H11NO2. The monoisotopic (exact) mass is 261 g/mol. The Hall–Kier alpha value is -2.86. The summed E-state index contributed by atoms with van der Waals surface area (Å²) < 4.78 is 5.66. The lowest BCUT2D eigenvalue weighted by molar-refractivity contribution is 0.101. The molecule has 2 aromatic carbocycles. The van der Waals surface area contributed by atoms with Gasteiger partial charge in [0.25, 0.3) is 0 Å². The van der Waals surface area contributed by atoms with E-state index in [2.05, 4.69) is 0 Å². The molecule has 1 aromatic heterocycles. The molecule has 0 unspecified atom stereocenters. The first-order valence-corrected chi connectivity index (χ1v) is 6.23. The maximum atomic E-state index is 12.4. The second kappa shape index (κ2) is 4.67. The number of nitrogens with zero attached hydrogens (tertiary/aromatic N) is 1. The minimum Gasteiger partial charge on any atom is -0.452 e. The molecular weight excluding hydrogens is 250 g/mol. The van der Waals surface area contributed by atoms with E-state index in [1.54, 1.807) is 30.3 Å². The number of nitriles is 1. The van der Waals surface area contributed by atoms with Gasteiger partial charge in [0.15, 0.2) is 5.76 Å². The SMILES string of the molecule is Cc1cccc2cc(C(=O)c3cccc(C#N)c3)oc12. The minimum atomic E-state index is -0.210. The molecule has 0 atom stereocenters. The number of fused-ring (bicyclic) bond motifs is 1. The quantitative estimate of drug-likeness (QED) is 0.658. The lowest BCUT2D eigenvalue weighted by Crippen LogP contribution is -1.99. The third kappa shape index (κ3) is 1.98. The molecule has 3 nitrogen and oxygen atoms in total. The minimum absolute atomic E-state index is 0.210. The Balaban J connectivity index is 2.08. The molecule has 96 valence electrons. The molecule has 0 N–H and O–H groups in total. The summed E-state index contributed by atoms with van der Waals surface area (Å²) in [5.74, 6) is 0.0853. The lowest BCUT2D eigenvalue weighted by Gasteiger charge is -1.97. The van der Waals surface area contributed by atoms with Gasteiger partial charge in [-0.3, -0.25) is 4.79 Å². The van der Waals surface area contributed by atoms with Gasteiger partial charge in [-0.05, 0) is 30.7 Å². The molecule has 0 amide bonds. The second-order valence-corrected chi connectivity index (χ2v) is 4.63. The molecule has 3 heteroatoms. The van der Waals surface area contributed by atoms with Gasteiger partial charge in [-0.2, -0.15) is 5.26 Å². The van der Waals surface area contributed by atoms with Gasteiger partial charge in [-0.25, -0.2) is 0 Å². The summed E-state index contributed by atoms with van der Waals surface area (Å²) in [7, 11) is 0. The predicted molar refractivity (Wildman–Crippen MR) is 75.5 cm³/mol. The van der Waals surface area contributed by atoms with Gasteiger partial charge in [0, 0.05) is 10.9 Å². The molecule has 0 fully saturated rings. The molecule has 0 radical (unpaired) electrons. The summed E-state index contributed by atoms with van der Waals surface area (Å²) in [5.41, 5.74) is 2.64. The van der Waals surface area contributed by atoms with Crippen LogP contribution >= 0.6 is 0 Å². The Bertz CT molecular complexity index is 853. The van der Waals surface area contributed by atoms with Crippen molar-refractivity contribution in [1.82, 2.24) is 0 Å². The molecule has 0 bridgehead atoms. The van der Waals surface area contributed by atoms with Crippen molar-refractivity contribution in [2.75, 3.05) is 0 Å². The van der Waals surface area contributed by atoms with Crippen LogP contribution in [-0.2, 0) is 0 Å². The number of benzene rings is 2. The van der Waals surface area contributed by atoms with Crippen molar-refractivity contribution in [1.29, 1.82) is 5.26 Å². The largest absolute Gasteiger partial charge is 0.452 e. The van der Waals surface area contributed by atoms with Crippen LogP contribution in [0.5, 0.6) is 0 Å². The Morgan fingerprint density at radius 2 is 1.95 bits per heavy atom. The van der Waals surface area contributed by atoms with Crippen LogP contribution in [0.4, 0.5) is 0 Å². The maximum absolute atomic E-state index is 12.4. The zero-order chi connectivity index (χ0) is 14.1. The first-order chi connectivity index (χ1) is 9.69. The zero-order valence-corrected chi connectivity index (χ0v) is 10.9. The third-order valence-electron chi connectivity index (χ3n) is 3.22. The van der Waals surface area contributed by atoms with Gasteiger partial charge in [-0.1, -0.05) is 30.3 Å². The molecule has 0 aliphatic rings. The van der Waals surface area contributed by atoms with E-state index in [0.29, 0.717) is 16.9 Å². The summed E-state index contributed by atoms with van der Waals surface area (Å²) in [6.45, 7) is 1.94. The predicted octanol–water partition coefficient (Wildman–Crippen LogP) is 3.84.